The topological polar surface area (TPSA) is 76.1 Å². The molecule has 0 aromatic heterocycles. The number of aliphatic hydroxyl groups is 1. The van der Waals surface area contributed by atoms with Gasteiger partial charge in [-0.05, 0) is 48.5 Å². The Morgan fingerprint density at radius 2 is 1.70 bits per heavy atom. The molecule has 0 radical (unpaired) electrons. The summed E-state index contributed by atoms with van der Waals surface area (Å²) in [5.41, 5.74) is 0.365. The minimum atomic E-state index is -1.19. The number of benzene rings is 3. The molecule has 0 spiro atoms. The highest BCUT2D eigenvalue weighted by Gasteiger charge is 2.47. The van der Waals surface area contributed by atoms with Crippen LogP contribution >= 0.6 is 11.6 Å². The van der Waals surface area contributed by atoms with E-state index in [1.54, 1.807) is 30.3 Å². The van der Waals surface area contributed by atoms with Gasteiger partial charge in [0, 0.05) is 16.8 Å². The zero-order chi connectivity index (χ0) is 23.7. The maximum Gasteiger partial charge on any atom is 0.300 e. The van der Waals surface area contributed by atoms with E-state index in [0.29, 0.717) is 16.5 Å². The highest BCUT2D eigenvalue weighted by Crippen LogP contribution is 2.43. The molecule has 1 aliphatic heterocycles. The molecule has 1 atom stereocenters. The standard InChI is InChI=1S/C25H19ClFNO5/c1-32-16-10-8-15(9-11-16)28-22(17-5-3-4-6-19(17)27)21(24(30)25(28)31)23(29)14-7-12-18(26)20(13-14)33-2/h3-13,22,29H,1-2H3/b23-21+. The van der Waals surface area contributed by atoms with E-state index in [1.807, 2.05) is 0 Å². The molecule has 33 heavy (non-hydrogen) atoms. The Morgan fingerprint density at radius 1 is 1.00 bits per heavy atom. The van der Waals surface area contributed by atoms with Gasteiger partial charge in [0.2, 0.25) is 0 Å². The Hall–Kier alpha value is -3.84. The number of hydrogen-bond donors (Lipinski definition) is 1. The molecule has 8 heteroatoms. The third-order valence-electron chi connectivity index (χ3n) is 5.42. The molecule has 1 saturated heterocycles. The van der Waals surface area contributed by atoms with Crippen molar-refractivity contribution in [3.05, 3.63) is 94.3 Å². The molecule has 1 fully saturated rings. The first-order valence-corrected chi connectivity index (χ1v) is 10.3. The van der Waals surface area contributed by atoms with Crippen LogP contribution in [0.15, 0.2) is 72.3 Å². The van der Waals surface area contributed by atoms with E-state index in [1.165, 1.54) is 55.5 Å². The van der Waals surface area contributed by atoms with E-state index >= 15 is 0 Å². The lowest BCUT2D eigenvalue weighted by atomic mass is 9.94. The van der Waals surface area contributed by atoms with Gasteiger partial charge in [0.05, 0.1) is 30.9 Å². The normalized spacial score (nSPS) is 17.3. The smallest absolute Gasteiger partial charge is 0.300 e. The van der Waals surface area contributed by atoms with Crippen molar-refractivity contribution in [1.82, 2.24) is 0 Å². The molecule has 6 nitrogen and oxygen atoms in total. The van der Waals surface area contributed by atoms with Crippen molar-refractivity contribution in [2.24, 2.45) is 0 Å². The fourth-order valence-corrected chi connectivity index (χ4v) is 3.99. The predicted octanol–water partition coefficient (Wildman–Crippen LogP) is 5.12. The summed E-state index contributed by atoms with van der Waals surface area (Å²) < 4.78 is 25.2. The van der Waals surface area contributed by atoms with Crippen LogP contribution in [0.5, 0.6) is 11.5 Å². The summed E-state index contributed by atoms with van der Waals surface area (Å²) in [6.45, 7) is 0. The quantitative estimate of drug-likeness (QED) is 0.320. The van der Waals surface area contributed by atoms with Crippen molar-refractivity contribution in [3.63, 3.8) is 0 Å². The molecule has 168 valence electrons. The van der Waals surface area contributed by atoms with Gasteiger partial charge in [-0.1, -0.05) is 29.8 Å². The monoisotopic (exact) mass is 467 g/mol. The number of ketones is 1. The van der Waals surface area contributed by atoms with Crippen LogP contribution in [-0.2, 0) is 9.59 Å². The number of nitrogens with zero attached hydrogens (tertiary/aromatic N) is 1. The maximum absolute atomic E-state index is 14.9. The van der Waals surface area contributed by atoms with Gasteiger partial charge in [-0.2, -0.15) is 0 Å². The molecule has 1 aliphatic rings. The van der Waals surface area contributed by atoms with Crippen LogP contribution in [-0.4, -0.2) is 31.0 Å². The molecule has 1 unspecified atom stereocenters. The number of carbonyl (C=O) groups excluding carboxylic acids is 2. The molecule has 4 rings (SSSR count). The third-order valence-corrected chi connectivity index (χ3v) is 5.73. The van der Waals surface area contributed by atoms with E-state index in [9.17, 15) is 19.1 Å². The summed E-state index contributed by atoms with van der Waals surface area (Å²) in [4.78, 5) is 27.4. The number of anilines is 1. The zero-order valence-corrected chi connectivity index (χ0v) is 18.5. The molecule has 1 heterocycles. The van der Waals surface area contributed by atoms with E-state index in [0.717, 1.165) is 0 Å². The summed E-state index contributed by atoms with van der Waals surface area (Å²) in [6.07, 6.45) is 0. The molecular weight excluding hydrogens is 449 g/mol. The average Bonchev–Trinajstić information content (AvgIpc) is 3.09. The number of ether oxygens (including phenoxy) is 2. The highest BCUT2D eigenvalue weighted by atomic mass is 35.5. The number of Topliss-reactive ketones (excluding diaryl/α,β-unsaturated/α-hetero) is 1. The van der Waals surface area contributed by atoms with Crippen LogP contribution in [0.1, 0.15) is 17.2 Å². The number of methoxy groups -OCH3 is 2. The van der Waals surface area contributed by atoms with Gasteiger partial charge in [-0.3, -0.25) is 14.5 Å². The first-order valence-electron chi connectivity index (χ1n) is 9.90. The molecule has 1 N–H and O–H groups in total. The predicted molar refractivity (Wildman–Crippen MR) is 122 cm³/mol. The van der Waals surface area contributed by atoms with Crippen molar-refractivity contribution in [3.8, 4) is 11.5 Å². The number of halogens is 2. The van der Waals surface area contributed by atoms with Crippen LogP contribution in [0.2, 0.25) is 5.02 Å². The number of aliphatic hydroxyl groups excluding tert-OH is 1. The van der Waals surface area contributed by atoms with Crippen molar-refractivity contribution >= 4 is 34.7 Å². The fourth-order valence-electron chi connectivity index (χ4n) is 3.80. The van der Waals surface area contributed by atoms with E-state index in [2.05, 4.69) is 0 Å². The maximum atomic E-state index is 14.9. The summed E-state index contributed by atoms with van der Waals surface area (Å²) >= 11 is 6.07. The summed E-state index contributed by atoms with van der Waals surface area (Å²) in [7, 11) is 2.91. The van der Waals surface area contributed by atoms with Gasteiger partial charge in [0.25, 0.3) is 11.7 Å². The van der Waals surface area contributed by atoms with Crippen LogP contribution in [0.3, 0.4) is 0 Å². The lowest BCUT2D eigenvalue weighted by Gasteiger charge is -2.26. The van der Waals surface area contributed by atoms with Crippen molar-refractivity contribution in [2.45, 2.75) is 6.04 Å². The second-order valence-electron chi connectivity index (χ2n) is 7.24. The largest absolute Gasteiger partial charge is 0.507 e. The Kier molecular flexibility index (Phi) is 6.07. The molecule has 3 aromatic rings. The van der Waals surface area contributed by atoms with Gasteiger partial charge < -0.3 is 14.6 Å². The lowest BCUT2D eigenvalue weighted by Crippen LogP contribution is -2.29. The molecule has 3 aromatic carbocycles. The van der Waals surface area contributed by atoms with E-state index < -0.39 is 29.3 Å². The molecule has 0 aliphatic carbocycles. The minimum absolute atomic E-state index is 0.0648. The van der Waals surface area contributed by atoms with Crippen LogP contribution in [0.25, 0.3) is 5.76 Å². The first kappa shape index (κ1) is 22.4. The lowest BCUT2D eigenvalue weighted by molar-refractivity contribution is -0.132. The first-order chi connectivity index (χ1) is 15.9. The van der Waals surface area contributed by atoms with Crippen LogP contribution < -0.4 is 14.4 Å². The third kappa shape index (κ3) is 3.91. The Bertz CT molecular complexity index is 1270. The fraction of sp³-hybridized carbons (Fsp3) is 0.120. The van der Waals surface area contributed by atoms with Crippen LogP contribution in [0, 0.1) is 5.82 Å². The second kappa shape index (κ2) is 8.96. The Balaban J connectivity index is 1.95. The van der Waals surface area contributed by atoms with Gasteiger partial charge in [-0.15, -0.1) is 0 Å². The van der Waals surface area contributed by atoms with Gasteiger partial charge >= 0.3 is 0 Å². The van der Waals surface area contributed by atoms with Gasteiger partial charge in [-0.25, -0.2) is 4.39 Å². The highest BCUT2D eigenvalue weighted by molar-refractivity contribution is 6.51. The Morgan fingerprint density at radius 3 is 2.33 bits per heavy atom. The summed E-state index contributed by atoms with van der Waals surface area (Å²) in [5.74, 6) is -2.10. The zero-order valence-electron chi connectivity index (χ0n) is 17.7. The van der Waals surface area contributed by atoms with Gasteiger partial charge in [0.15, 0.2) is 0 Å². The SMILES string of the molecule is COc1ccc(N2C(=O)C(=O)/C(=C(/O)c3ccc(Cl)c(OC)c3)C2c2ccccc2F)cc1. The van der Waals surface area contributed by atoms with Crippen LogP contribution in [0.4, 0.5) is 10.1 Å². The van der Waals surface area contributed by atoms with Crippen molar-refractivity contribution in [2.75, 3.05) is 19.1 Å². The number of hydrogen-bond acceptors (Lipinski definition) is 5. The molecular formula is C25H19ClFNO5. The van der Waals surface area contributed by atoms with E-state index in [4.69, 9.17) is 21.1 Å². The number of carbonyl (C=O) groups is 2. The number of rotatable bonds is 5. The molecule has 1 amide bonds. The molecule has 0 saturated carbocycles. The average molecular weight is 468 g/mol. The second-order valence-corrected chi connectivity index (χ2v) is 7.65. The Labute approximate surface area is 194 Å². The minimum Gasteiger partial charge on any atom is -0.507 e. The summed E-state index contributed by atoms with van der Waals surface area (Å²) in [6, 6.07) is 15.4. The summed E-state index contributed by atoms with van der Waals surface area (Å²) in [5, 5.41) is 11.4. The van der Waals surface area contributed by atoms with Gasteiger partial charge in [0.1, 0.15) is 23.1 Å². The van der Waals surface area contributed by atoms with Crippen molar-refractivity contribution < 1.29 is 28.6 Å². The van der Waals surface area contributed by atoms with E-state index in [-0.39, 0.29) is 22.4 Å². The number of amides is 1. The van der Waals surface area contributed by atoms with Crippen molar-refractivity contribution in [1.29, 1.82) is 0 Å². The molecule has 0 bridgehead atoms.